The molecule has 0 fully saturated rings. The van der Waals surface area contributed by atoms with Gasteiger partial charge >= 0.3 is 0 Å². The van der Waals surface area contributed by atoms with E-state index >= 15 is 0 Å². The summed E-state index contributed by atoms with van der Waals surface area (Å²) in [6, 6.07) is 6.30. The molecule has 3 rings (SSSR count). The Morgan fingerprint density at radius 1 is 1.32 bits per heavy atom. The van der Waals surface area contributed by atoms with Gasteiger partial charge in [-0.3, -0.25) is 0 Å². The van der Waals surface area contributed by atoms with Crippen molar-refractivity contribution in [1.29, 1.82) is 0 Å². The first kappa shape index (κ1) is 14.9. The molecule has 0 saturated carbocycles. The highest BCUT2D eigenvalue weighted by molar-refractivity contribution is 5.87. The van der Waals surface area contributed by atoms with E-state index in [1.54, 1.807) is 14.0 Å². The van der Waals surface area contributed by atoms with E-state index in [0.29, 0.717) is 5.92 Å². The van der Waals surface area contributed by atoms with Crippen LogP contribution >= 0.6 is 0 Å². The quantitative estimate of drug-likeness (QED) is 0.872. The van der Waals surface area contributed by atoms with Crippen LogP contribution in [0.5, 0.6) is 5.75 Å². The van der Waals surface area contributed by atoms with E-state index < -0.39 is 11.9 Å². The Kier molecular flexibility index (Phi) is 3.63. The Labute approximate surface area is 130 Å². The molecule has 0 saturated heterocycles. The van der Waals surface area contributed by atoms with Gasteiger partial charge in [0.2, 0.25) is 0 Å². The lowest BCUT2D eigenvalue weighted by Gasteiger charge is -2.19. The van der Waals surface area contributed by atoms with Gasteiger partial charge in [-0.25, -0.2) is 0 Å². The molecule has 1 aliphatic heterocycles. The van der Waals surface area contributed by atoms with Crippen molar-refractivity contribution in [2.75, 3.05) is 7.11 Å². The monoisotopic (exact) mass is 300 g/mol. The third-order valence-corrected chi connectivity index (χ3v) is 4.94. The molecule has 0 N–H and O–H groups in total. The minimum absolute atomic E-state index is 0.0309. The number of aromatic nitrogens is 1. The molecular formula is C18H22NO3-. The molecule has 2 aromatic rings. The van der Waals surface area contributed by atoms with Crippen molar-refractivity contribution in [3.05, 3.63) is 29.5 Å². The molecule has 0 bridgehead atoms. The maximum Gasteiger partial charge on any atom is 0.121 e. The van der Waals surface area contributed by atoms with Crippen LogP contribution in [0, 0.1) is 5.92 Å². The number of aryl methyl sites for hydroxylation is 1. The van der Waals surface area contributed by atoms with Gasteiger partial charge in [-0.15, -0.1) is 0 Å². The minimum Gasteiger partial charge on any atom is -0.550 e. The second-order valence-corrected chi connectivity index (χ2v) is 6.53. The van der Waals surface area contributed by atoms with Gasteiger partial charge in [0.05, 0.1) is 12.6 Å². The first-order valence-electron chi connectivity index (χ1n) is 7.86. The Morgan fingerprint density at radius 3 is 2.64 bits per heavy atom. The third-order valence-electron chi connectivity index (χ3n) is 4.94. The van der Waals surface area contributed by atoms with Gasteiger partial charge in [0.1, 0.15) is 5.75 Å². The van der Waals surface area contributed by atoms with Gasteiger partial charge in [-0.2, -0.15) is 0 Å². The van der Waals surface area contributed by atoms with Crippen LogP contribution in [0.2, 0.25) is 0 Å². The van der Waals surface area contributed by atoms with Crippen molar-refractivity contribution in [1.82, 2.24) is 4.57 Å². The van der Waals surface area contributed by atoms with E-state index in [9.17, 15) is 9.90 Å². The highest BCUT2D eigenvalue weighted by Gasteiger charge is 2.30. The van der Waals surface area contributed by atoms with Crippen LogP contribution in [-0.2, 0) is 11.3 Å². The lowest BCUT2D eigenvalue weighted by atomic mass is 9.89. The molecule has 0 aliphatic carbocycles. The highest BCUT2D eigenvalue weighted by atomic mass is 16.5. The normalized spacial score (nSPS) is 18.7. The maximum atomic E-state index is 11.2. The summed E-state index contributed by atoms with van der Waals surface area (Å²) in [6.07, 6.45) is 0.856. The number of carboxylic acid groups (broad SMARTS) is 1. The van der Waals surface area contributed by atoms with E-state index in [0.717, 1.165) is 29.9 Å². The van der Waals surface area contributed by atoms with Crippen LogP contribution in [0.1, 0.15) is 50.3 Å². The topological polar surface area (TPSA) is 54.3 Å². The molecule has 4 heteroatoms. The summed E-state index contributed by atoms with van der Waals surface area (Å²) in [5.74, 6) is -0.157. The number of aliphatic carboxylic acids is 1. The molecule has 1 aromatic carbocycles. The fraction of sp³-hybridized carbons (Fsp3) is 0.500. The molecule has 0 radical (unpaired) electrons. The third kappa shape index (κ3) is 2.18. The number of fused-ring (bicyclic) bond motifs is 3. The SMILES string of the molecule is COc1cc(C(C)C)c2cc3n(c2c1)CCC3C(C)C(=O)[O-]. The van der Waals surface area contributed by atoms with Crippen LogP contribution in [-0.4, -0.2) is 17.6 Å². The fourth-order valence-electron chi connectivity index (χ4n) is 3.62. The Bertz CT molecular complexity index is 729. The second kappa shape index (κ2) is 5.34. The lowest BCUT2D eigenvalue weighted by molar-refractivity contribution is -0.311. The van der Waals surface area contributed by atoms with Crippen LogP contribution < -0.4 is 9.84 Å². The predicted molar refractivity (Wildman–Crippen MR) is 84.1 cm³/mol. The summed E-state index contributed by atoms with van der Waals surface area (Å²) < 4.78 is 7.68. The molecule has 118 valence electrons. The molecule has 2 heterocycles. The van der Waals surface area contributed by atoms with Crippen molar-refractivity contribution in [3.63, 3.8) is 0 Å². The molecule has 4 nitrogen and oxygen atoms in total. The zero-order chi connectivity index (χ0) is 16.0. The summed E-state index contributed by atoms with van der Waals surface area (Å²) in [5.41, 5.74) is 3.50. The fourth-order valence-corrected chi connectivity index (χ4v) is 3.62. The van der Waals surface area contributed by atoms with E-state index in [1.807, 2.05) is 0 Å². The largest absolute Gasteiger partial charge is 0.550 e. The number of methoxy groups -OCH3 is 1. The van der Waals surface area contributed by atoms with Crippen LogP contribution in [0.15, 0.2) is 18.2 Å². The van der Waals surface area contributed by atoms with Gasteiger partial charge < -0.3 is 19.2 Å². The van der Waals surface area contributed by atoms with Crippen molar-refractivity contribution in [3.8, 4) is 5.75 Å². The number of hydrogen-bond donors (Lipinski definition) is 0. The highest BCUT2D eigenvalue weighted by Crippen LogP contribution is 2.41. The molecule has 1 aromatic heterocycles. The summed E-state index contributed by atoms with van der Waals surface area (Å²) in [5, 5.41) is 12.5. The molecular weight excluding hydrogens is 278 g/mol. The summed E-state index contributed by atoms with van der Waals surface area (Å²) >= 11 is 0. The van der Waals surface area contributed by atoms with Gasteiger partial charge in [0.15, 0.2) is 0 Å². The number of carbonyl (C=O) groups is 1. The second-order valence-electron chi connectivity index (χ2n) is 6.53. The number of benzene rings is 1. The molecule has 2 atom stereocenters. The number of carboxylic acids is 1. The zero-order valence-electron chi connectivity index (χ0n) is 13.6. The molecule has 1 aliphatic rings. The number of carbonyl (C=O) groups excluding carboxylic acids is 1. The van der Waals surface area contributed by atoms with Crippen LogP contribution in [0.4, 0.5) is 0 Å². The van der Waals surface area contributed by atoms with Gasteiger partial charge in [0.25, 0.3) is 0 Å². The average molecular weight is 300 g/mol. The number of ether oxygens (including phenoxy) is 1. The number of rotatable bonds is 4. The van der Waals surface area contributed by atoms with E-state index in [4.69, 9.17) is 4.74 Å². The van der Waals surface area contributed by atoms with Crippen LogP contribution in [0.25, 0.3) is 10.9 Å². The van der Waals surface area contributed by atoms with Crippen molar-refractivity contribution in [2.24, 2.45) is 5.92 Å². The summed E-state index contributed by atoms with van der Waals surface area (Å²) in [6.45, 7) is 6.93. The summed E-state index contributed by atoms with van der Waals surface area (Å²) in [4.78, 5) is 11.2. The average Bonchev–Trinajstić information content (AvgIpc) is 3.03. The van der Waals surface area contributed by atoms with E-state index in [2.05, 4.69) is 36.6 Å². The van der Waals surface area contributed by atoms with Crippen molar-refractivity contribution in [2.45, 2.75) is 45.6 Å². The van der Waals surface area contributed by atoms with E-state index in [-0.39, 0.29) is 5.92 Å². The first-order valence-corrected chi connectivity index (χ1v) is 7.86. The van der Waals surface area contributed by atoms with Crippen molar-refractivity contribution >= 4 is 16.9 Å². The first-order chi connectivity index (χ1) is 10.4. The summed E-state index contributed by atoms with van der Waals surface area (Å²) in [7, 11) is 1.68. The zero-order valence-corrected chi connectivity index (χ0v) is 13.6. The number of hydrogen-bond acceptors (Lipinski definition) is 3. The lowest BCUT2D eigenvalue weighted by Crippen LogP contribution is -2.32. The van der Waals surface area contributed by atoms with Crippen LogP contribution in [0.3, 0.4) is 0 Å². The standard InChI is InChI=1S/C18H23NO3/c1-10(2)14-7-12(22-4)8-16-15(14)9-17-13(5-6-19(16)17)11(3)18(20)21/h7-11,13H,5-6H2,1-4H3,(H,20,21)/p-1. The maximum absolute atomic E-state index is 11.2. The van der Waals surface area contributed by atoms with Gasteiger partial charge in [-0.05, 0) is 30.0 Å². The predicted octanol–water partition coefficient (Wildman–Crippen LogP) is 2.65. The smallest absolute Gasteiger partial charge is 0.121 e. The Hall–Kier alpha value is -1.97. The molecule has 0 amide bonds. The molecule has 0 spiro atoms. The van der Waals surface area contributed by atoms with Gasteiger partial charge in [-0.1, -0.05) is 20.8 Å². The van der Waals surface area contributed by atoms with Crippen molar-refractivity contribution < 1.29 is 14.6 Å². The molecule has 2 unspecified atom stereocenters. The Morgan fingerprint density at radius 2 is 2.05 bits per heavy atom. The number of nitrogens with zero attached hydrogens (tertiary/aromatic N) is 1. The molecule has 22 heavy (non-hydrogen) atoms. The minimum atomic E-state index is -0.967. The Balaban J connectivity index is 2.19. The van der Waals surface area contributed by atoms with Gasteiger partial charge in [0, 0.05) is 41.5 Å². The van der Waals surface area contributed by atoms with E-state index in [1.165, 1.54) is 10.9 Å².